The highest BCUT2D eigenvalue weighted by Crippen LogP contribution is 2.15. The van der Waals surface area contributed by atoms with Crippen molar-refractivity contribution in [2.75, 3.05) is 6.61 Å². The Bertz CT molecular complexity index is 371. The van der Waals surface area contributed by atoms with E-state index in [1.54, 1.807) is 12.1 Å². The van der Waals surface area contributed by atoms with E-state index in [-0.39, 0.29) is 23.8 Å². The van der Waals surface area contributed by atoms with E-state index in [9.17, 15) is 4.79 Å². The molecule has 1 aromatic rings. The molecule has 1 aromatic carbocycles. The van der Waals surface area contributed by atoms with Gasteiger partial charge >= 0.3 is 0 Å². The largest absolute Gasteiger partial charge is 0.508 e. The highest BCUT2D eigenvalue weighted by atomic mass is 16.5. The molecule has 17 heavy (non-hydrogen) atoms. The normalized spacial score (nSPS) is 11.0. The van der Waals surface area contributed by atoms with Crippen LogP contribution in [0.5, 0.6) is 11.5 Å². The lowest BCUT2D eigenvalue weighted by atomic mass is 10.0. The summed E-state index contributed by atoms with van der Waals surface area (Å²) in [6.07, 6.45) is 0.859. The number of benzene rings is 1. The van der Waals surface area contributed by atoms with Crippen LogP contribution in [0.15, 0.2) is 24.3 Å². The van der Waals surface area contributed by atoms with Gasteiger partial charge in [-0.15, -0.1) is 0 Å². The van der Waals surface area contributed by atoms with Gasteiger partial charge in [-0.2, -0.15) is 0 Å². The third kappa shape index (κ3) is 4.76. The van der Waals surface area contributed by atoms with Gasteiger partial charge in [-0.1, -0.05) is 6.92 Å². The molecule has 0 aliphatic heterocycles. The maximum absolute atomic E-state index is 11.6. The highest BCUT2D eigenvalue weighted by Gasteiger charge is 2.17. The molecule has 0 radical (unpaired) electrons. The number of hydrogen-bond donors (Lipinski definition) is 2. The van der Waals surface area contributed by atoms with Crippen molar-refractivity contribution in [1.82, 2.24) is 5.32 Å². The van der Waals surface area contributed by atoms with Crippen LogP contribution >= 0.6 is 0 Å². The number of phenolic OH excluding ortho intramolecular Hbond substituents is 1. The zero-order valence-corrected chi connectivity index (χ0v) is 10.5. The summed E-state index contributed by atoms with van der Waals surface area (Å²) in [5.41, 5.74) is -0.213. The summed E-state index contributed by atoms with van der Waals surface area (Å²) in [6.45, 7) is 5.92. The minimum Gasteiger partial charge on any atom is -0.508 e. The monoisotopic (exact) mass is 237 g/mol. The third-order valence-corrected chi connectivity index (χ3v) is 2.57. The van der Waals surface area contributed by atoms with E-state index in [1.165, 1.54) is 12.1 Å². The van der Waals surface area contributed by atoms with E-state index in [1.807, 2.05) is 20.8 Å². The van der Waals surface area contributed by atoms with Crippen LogP contribution in [0.3, 0.4) is 0 Å². The second kappa shape index (κ2) is 5.57. The fourth-order valence-corrected chi connectivity index (χ4v) is 1.19. The van der Waals surface area contributed by atoms with Crippen molar-refractivity contribution in [2.24, 2.45) is 0 Å². The molecule has 4 heteroatoms. The number of rotatable bonds is 5. The molecule has 0 atom stereocenters. The van der Waals surface area contributed by atoms with Crippen LogP contribution in [-0.2, 0) is 4.79 Å². The van der Waals surface area contributed by atoms with Crippen molar-refractivity contribution in [3.63, 3.8) is 0 Å². The molecular formula is C13H19NO3. The number of phenols is 1. The number of carbonyl (C=O) groups excluding carboxylic acids is 1. The van der Waals surface area contributed by atoms with Crippen molar-refractivity contribution in [3.05, 3.63) is 24.3 Å². The number of nitrogens with one attached hydrogen (secondary N) is 1. The molecule has 1 rings (SSSR count). The van der Waals surface area contributed by atoms with Crippen LogP contribution in [0.1, 0.15) is 27.2 Å². The van der Waals surface area contributed by atoms with Gasteiger partial charge in [-0.25, -0.2) is 0 Å². The van der Waals surface area contributed by atoms with Gasteiger partial charge in [-0.05, 0) is 44.5 Å². The zero-order valence-electron chi connectivity index (χ0n) is 10.5. The van der Waals surface area contributed by atoms with Gasteiger partial charge in [-0.3, -0.25) is 4.79 Å². The molecule has 0 unspecified atom stereocenters. The van der Waals surface area contributed by atoms with Crippen molar-refractivity contribution in [2.45, 2.75) is 32.7 Å². The molecule has 1 amide bonds. The molecule has 94 valence electrons. The molecule has 2 N–H and O–H groups in total. The van der Waals surface area contributed by atoms with E-state index in [2.05, 4.69) is 5.32 Å². The average Bonchev–Trinajstić information content (AvgIpc) is 2.28. The van der Waals surface area contributed by atoms with Crippen LogP contribution in [0.2, 0.25) is 0 Å². The summed E-state index contributed by atoms with van der Waals surface area (Å²) in [5.74, 6) is 0.589. The first-order valence-electron chi connectivity index (χ1n) is 5.66. The van der Waals surface area contributed by atoms with Crippen molar-refractivity contribution < 1.29 is 14.6 Å². The maximum Gasteiger partial charge on any atom is 0.258 e. The summed E-state index contributed by atoms with van der Waals surface area (Å²) in [4.78, 5) is 11.6. The maximum atomic E-state index is 11.6. The Hall–Kier alpha value is -1.71. The number of aromatic hydroxyl groups is 1. The Kier molecular flexibility index (Phi) is 4.37. The first kappa shape index (κ1) is 13.4. The van der Waals surface area contributed by atoms with Gasteiger partial charge in [0.25, 0.3) is 5.91 Å². The van der Waals surface area contributed by atoms with Crippen LogP contribution in [0, 0.1) is 0 Å². The summed E-state index contributed by atoms with van der Waals surface area (Å²) in [6, 6.07) is 6.27. The summed E-state index contributed by atoms with van der Waals surface area (Å²) < 4.78 is 5.29. The second-order valence-electron chi connectivity index (χ2n) is 4.57. The van der Waals surface area contributed by atoms with Crippen molar-refractivity contribution >= 4 is 5.91 Å². The summed E-state index contributed by atoms with van der Waals surface area (Å²) in [5, 5.41) is 12.0. The molecule has 4 nitrogen and oxygen atoms in total. The molecule has 0 aromatic heterocycles. The van der Waals surface area contributed by atoms with Crippen LogP contribution in [0.4, 0.5) is 0 Å². The van der Waals surface area contributed by atoms with E-state index < -0.39 is 0 Å². The Balaban J connectivity index is 2.41. The molecule has 0 saturated carbocycles. The lowest BCUT2D eigenvalue weighted by Gasteiger charge is -2.24. The van der Waals surface area contributed by atoms with E-state index in [0.29, 0.717) is 5.75 Å². The van der Waals surface area contributed by atoms with Gasteiger partial charge < -0.3 is 15.2 Å². The number of ether oxygens (including phenoxy) is 1. The highest BCUT2D eigenvalue weighted by molar-refractivity contribution is 5.78. The van der Waals surface area contributed by atoms with Crippen molar-refractivity contribution in [1.29, 1.82) is 0 Å². The van der Waals surface area contributed by atoms with Crippen molar-refractivity contribution in [3.8, 4) is 11.5 Å². The van der Waals surface area contributed by atoms with Gasteiger partial charge in [0.2, 0.25) is 0 Å². The quantitative estimate of drug-likeness (QED) is 0.824. The lowest BCUT2D eigenvalue weighted by Crippen LogP contribution is -2.44. The van der Waals surface area contributed by atoms with E-state index >= 15 is 0 Å². The zero-order chi connectivity index (χ0) is 12.9. The first-order valence-corrected chi connectivity index (χ1v) is 5.66. The van der Waals surface area contributed by atoms with Gasteiger partial charge in [0, 0.05) is 5.54 Å². The molecule has 0 spiro atoms. The Labute approximate surface area is 102 Å². The molecule has 0 heterocycles. The average molecular weight is 237 g/mol. The molecule has 0 fully saturated rings. The van der Waals surface area contributed by atoms with Crippen LogP contribution in [-0.4, -0.2) is 23.2 Å². The fourth-order valence-electron chi connectivity index (χ4n) is 1.19. The van der Waals surface area contributed by atoms with Crippen LogP contribution in [0.25, 0.3) is 0 Å². The van der Waals surface area contributed by atoms with E-state index in [0.717, 1.165) is 6.42 Å². The van der Waals surface area contributed by atoms with Gasteiger partial charge in [0.15, 0.2) is 6.61 Å². The minimum atomic E-state index is -0.213. The van der Waals surface area contributed by atoms with E-state index in [4.69, 9.17) is 9.84 Å². The predicted octanol–water partition coefficient (Wildman–Crippen LogP) is 2.08. The molecule has 0 bridgehead atoms. The Morgan fingerprint density at radius 1 is 1.35 bits per heavy atom. The number of carbonyl (C=O) groups is 1. The summed E-state index contributed by atoms with van der Waals surface area (Å²) >= 11 is 0. The standard InChI is InChI=1S/C13H19NO3/c1-4-13(2,3)14-12(16)9-17-11-7-5-10(15)6-8-11/h5-8,15H,4,9H2,1-3H3,(H,14,16). The fraction of sp³-hybridized carbons (Fsp3) is 0.462. The lowest BCUT2D eigenvalue weighted by molar-refractivity contribution is -0.124. The van der Waals surface area contributed by atoms with Gasteiger partial charge in [0.1, 0.15) is 11.5 Å². The molecular weight excluding hydrogens is 218 g/mol. The second-order valence-corrected chi connectivity index (χ2v) is 4.57. The topological polar surface area (TPSA) is 58.6 Å². The predicted molar refractivity (Wildman–Crippen MR) is 66.1 cm³/mol. The molecule has 0 saturated heterocycles. The minimum absolute atomic E-state index is 0.0196. The Morgan fingerprint density at radius 3 is 2.47 bits per heavy atom. The van der Waals surface area contributed by atoms with Gasteiger partial charge in [0.05, 0.1) is 0 Å². The first-order chi connectivity index (χ1) is 7.93. The SMILES string of the molecule is CCC(C)(C)NC(=O)COc1ccc(O)cc1. The number of amides is 1. The summed E-state index contributed by atoms with van der Waals surface area (Å²) in [7, 11) is 0. The van der Waals surface area contributed by atoms with Crippen LogP contribution < -0.4 is 10.1 Å². The third-order valence-electron chi connectivity index (χ3n) is 2.57. The molecule has 0 aliphatic carbocycles. The molecule has 0 aliphatic rings. The smallest absolute Gasteiger partial charge is 0.258 e. The number of hydrogen-bond acceptors (Lipinski definition) is 3. The Morgan fingerprint density at radius 2 is 1.94 bits per heavy atom.